The molecule has 1 atom stereocenters. The summed E-state index contributed by atoms with van der Waals surface area (Å²) in [5, 5.41) is 8.21. The third kappa shape index (κ3) is 4.90. The van der Waals surface area contributed by atoms with Crippen molar-refractivity contribution in [1.82, 2.24) is 20.0 Å². The number of hydrogen-bond donors (Lipinski definition) is 0. The zero-order chi connectivity index (χ0) is 22.7. The molecule has 10 heteroatoms. The summed E-state index contributed by atoms with van der Waals surface area (Å²) in [5.41, 5.74) is 0.624. The number of nitrogens with zero attached hydrogens (tertiary/aromatic N) is 6. The Bertz CT molecular complexity index is 953. The molecular formula is C22H27FN6O3. The maximum atomic E-state index is 13.2. The summed E-state index contributed by atoms with van der Waals surface area (Å²) in [5.74, 6) is 0.706. The van der Waals surface area contributed by atoms with E-state index in [4.69, 9.17) is 4.74 Å². The van der Waals surface area contributed by atoms with Crippen molar-refractivity contribution in [2.75, 3.05) is 56.6 Å². The van der Waals surface area contributed by atoms with Gasteiger partial charge >= 0.3 is 6.03 Å². The van der Waals surface area contributed by atoms with E-state index in [0.29, 0.717) is 37.7 Å². The molecule has 0 spiro atoms. The van der Waals surface area contributed by atoms with Gasteiger partial charge in [-0.1, -0.05) is 0 Å². The average molecular weight is 442 g/mol. The molecule has 0 radical (unpaired) electrons. The van der Waals surface area contributed by atoms with Crippen LogP contribution >= 0.6 is 0 Å². The van der Waals surface area contributed by atoms with Crippen LogP contribution in [-0.4, -0.2) is 84.9 Å². The normalized spacial score (nSPS) is 18.8. The predicted octanol–water partition coefficient (Wildman–Crippen LogP) is 1.99. The summed E-state index contributed by atoms with van der Waals surface area (Å²) >= 11 is 0. The molecule has 32 heavy (non-hydrogen) atoms. The van der Waals surface area contributed by atoms with E-state index in [0.717, 1.165) is 18.7 Å². The maximum Gasteiger partial charge on any atom is 0.325 e. The Hall–Kier alpha value is -3.43. The minimum atomic E-state index is -0.353. The highest BCUT2D eigenvalue weighted by Crippen LogP contribution is 2.22. The summed E-state index contributed by atoms with van der Waals surface area (Å²) < 4.78 is 19.1. The lowest BCUT2D eigenvalue weighted by Gasteiger charge is -2.33. The number of piperidine rings is 1. The van der Waals surface area contributed by atoms with Gasteiger partial charge in [-0.05, 0) is 43.2 Å². The Morgan fingerprint density at radius 3 is 2.59 bits per heavy atom. The van der Waals surface area contributed by atoms with Crippen LogP contribution in [0.5, 0.6) is 5.88 Å². The fourth-order valence-electron chi connectivity index (χ4n) is 3.90. The summed E-state index contributed by atoms with van der Waals surface area (Å²) in [6, 6.07) is 9.14. The third-order valence-electron chi connectivity index (χ3n) is 5.66. The van der Waals surface area contributed by atoms with E-state index in [-0.39, 0.29) is 30.4 Å². The van der Waals surface area contributed by atoms with Crippen LogP contribution in [0.4, 0.5) is 20.7 Å². The van der Waals surface area contributed by atoms with Gasteiger partial charge in [0.15, 0.2) is 5.82 Å². The minimum Gasteiger partial charge on any atom is -0.471 e. The molecule has 0 bridgehead atoms. The predicted molar refractivity (Wildman–Crippen MR) is 117 cm³/mol. The van der Waals surface area contributed by atoms with Gasteiger partial charge in [0.25, 0.3) is 0 Å². The van der Waals surface area contributed by atoms with Crippen molar-refractivity contribution in [2.45, 2.75) is 18.9 Å². The molecule has 2 fully saturated rings. The lowest BCUT2D eigenvalue weighted by atomic mass is 10.1. The van der Waals surface area contributed by atoms with Gasteiger partial charge in [0.1, 0.15) is 18.5 Å². The Morgan fingerprint density at radius 1 is 1.12 bits per heavy atom. The van der Waals surface area contributed by atoms with Gasteiger partial charge in [0.05, 0.1) is 6.54 Å². The van der Waals surface area contributed by atoms with E-state index >= 15 is 0 Å². The quantitative estimate of drug-likeness (QED) is 0.681. The Balaban J connectivity index is 1.31. The molecule has 0 aliphatic carbocycles. The number of urea groups is 1. The number of carbonyl (C=O) groups excluding carboxylic acids is 2. The van der Waals surface area contributed by atoms with E-state index < -0.39 is 0 Å². The molecule has 170 valence electrons. The second kappa shape index (κ2) is 9.37. The van der Waals surface area contributed by atoms with E-state index in [2.05, 4.69) is 10.2 Å². The summed E-state index contributed by atoms with van der Waals surface area (Å²) in [4.78, 5) is 32.3. The molecule has 9 nitrogen and oxygen atoms in total. The number of aromatic nitrogens is 2. The van der Waals surface area contributed by atoms with Crippen molar-refractivity contribution >= 4 is 23.4 Å². The number of likely N-dealkylation sites (tertiary alicyclic amines) is 1. The van der Waals surface area contributed by atoms with Crippen molar-refractivity contribution in [1.29, 1.82) is 0 Å². The van der Waals surface area contributed by atoms with Crippen LogP contribution in [0.2, 0.25) is 0 Å². The second-order valence-electron chi connectivity index (χ2n) is 8.18. The minimum absolute atomic E-state index is 0.0145. The highest BCUT2D eigenvalue weighted by Gasteiger charge is 2.33. The van der Waals surface area contributed by atoms with E-state index in [1.54, 1.807) is 28.0 Å². The van der Waals surface area contributed by atoms with Gasteiger partial charge in [0.2, 0.25) is 11.8 Å². The molecule has 4 rings (SSSR count). The summed E-state index contributed by atoms with van der Waals surface area (Å²) in [6.45, 7) is 2.00. The SMILES string of the molecule is CN(C)c1ccc(OC2CCCN(C(=O)CN3CCN(c4ccc(F)cc4)C3=O)C2)nn1. The van der Waals surface area contributed by atoms with Gasteiger partial charge in [-0.3, -0.25) is 9.69 Å². The number of hydrogen-bond acceptors (Lipinski definition) is 6. The number of ether oxygens (including phenoxy) is 1. The van der Waals surface area contributed by atoms with Crippen LogP contribution in [0.15, 0.2) is 36.4 Å². The van der Waals surface area contributed by atoms with Gasteiger partial charge in [-0.25, -0.2) is 9.18 Å². The molecule has 1 unspecified atom stereocenters. The molecule has 2 saturated heterocycles. The van der Waals surface area contributed by atoms with Crippen LogP contribution in [0.1, 0.15) is 12.8 Å². The molecule has 3 amide bonds. The fraction of sp³-hybridized carbons (Fsp3) is 0.455. The van der Waals surface area contributed by atoms with Crippen LogP contribution in [0, 0.1) is 5.82 Å². The maximum absolute atomic E-state index is 13.2. The zero-order valence-electron chi connectivity index (χ0n) is 18.3. The number of anilines is 2. The molecule has 2 aliphatic heterocycles. The highest BCUT2D eigenvalue weighted by molar-refractivity contribution is 5.96. The third-order valence-corrected chi connectivity index (χ3v) is 5.66. The monoisotopic (exact) mass is 442 g/mol. The lowest BCUT2D eigenvalue weighted by molar-refractivity contribution is -0.134. The smallest absolute Gasteiger partial charge is 0.325 e. The first-order valence-electron chi connectivity index (χ1n) is 10.7. The number of amides is 3. The Kier molecular flexibility index (Phi) is 6.38. The van der Waals surface area contributed by atoms with Crippen molar-refractivity contribution in [3.05, 3.63) is 42.2 Å². The first-order chi connectivity index (χ1) is 15.4. The summed E-state index contributed by atoms with van der Waals surface area (Å²) in [7, 11) is 3.78. The standard InChI is InChI=1S/C22H27FN6O3/c1-26(2)19-9-10-20(25-24-19)32-18-4-3-11-27(14-18)21(30)15-28-12-13-29(22(28)31)17-7-5-16(23)6-8-17/h5-10,18H,3-4,11-15H2,1-2H3. The second-order valence-corrected chi connectivity index (χ2v) is 8.18. The molecule has 1 aromatic heterocycles. The number of halogens is 1. The first-order valence-corrected chi connectivity index (χ1v) is 10.7. The molecule has 2 aliphatic rings. The molecule has 2 aromatic rings. The number of benzene rings is 1. The molecule has 3 heterocycles. The van der Waals surface area contributed by atoms with Crippen LogP contribution in [-0.2, 0) is 4.79 Å². The number of carbonyl (C=O) groups is 2. The molecule has 0 N–H and O–H groups in total. The first kappa shape index (κ1) is 21.8. The Labute approximate surface area is 186 Å². The van der Waals surface area contributed by atoms with Gasteiger partial charge < -0.3 is 19.4 Å². The van der Waals surface area contributed by atoms with Gasteiger partial charge in [0, 0.05) is 45.5 Å². The van der Waals surface area contributed by atoms with Crippen LogP contribution in [0.3, 0.4) is 0 Å². The molecule has 0 saturated carbocycles. The number of rotatable bonds is 6. The lowest BCUT2D eigenvalue weighted by Crippen LogP contribution is -2.48. The van der Waals surface area contributed by atoms with Gasteiger partial charge in [-0.2, -0.15) is 0 Å². The molecule has 1 aromatic carbocycles. The van der Waals surface area contributed by atoms with E-state index in [1.165, 1.54) is 17.0 Å². The Morgan fingerprint density at radius 2 is 1.91 bits per heavy atom. The van der Waals surface area contributed by atoms with Gasteiger partial charge in [-0.15, -0.1) is 10.2 Å². The van der Waals surface area contributed by atoms with E-state index in [9.17, 15) is 14.0 Å². The molecular weight excluding hydrogens is 415 g/mol. The van der Waals surface area contributed by atoms with E-state index in [1.807, 2.05) is 25.1 Å². The van der Waals surface area contributed by atoms with Crippen LogP contribution in [0.25, 0.3) is 0 Å². The summed E-state index contributed by atoms with van der Waals surface area (Å²) in [6.07, 6.45) is 1.47. The largest absolute Gasteiger partial charge is 0.471 e. The topological polar surface area (TPSA) is 82.1 Å². The van der Waals surface area contributed by atoms with Crippen LogP contribution < -0.4 is 14.5 Å². The van der Waals surface area contributed by atoms with Crippen molar-refractivity contribution in [3.8, 4) is 5.88 Å². The average Bonchev–Trinajstić information content (AvgIpc) is 3.15. The van der Waals surface area contributed by atoms with Crippen molar-refractivity contribution in [3.63, 3.8) is 0 Å². The zero-order valence-corrected chi connectivity index (χ0v) is 18.3. The van der Waals surface area contributed by atoms with Crippen molar-refractivity contribution in [2.24, 2.45) is 0 Å². The fourth-order valence-corrected chi connectivity index (χ4v) is 3.90. The highest BCUT2D eigenvalue weighted by atomic mass is 19.1. The van der Waals surface area contributed by atoms with Crippen molar-refractivity contribution < 1.29 is 18.7 Å².